The minimum absolute atomic E-state index is 0.0375. The number of thioether (sulfide) groups is 1. The molecule has 0 amide bonds. The zero-order valence-corrected chi connectivity index (χ0v) is 12.1. The third-order valence-corrected chi connectivity index (χ3v) is 4.66. The van der Waals surface area contributed by atoms with Crippen molar-refractivity contribution in [2.45, 2.75) is 17.0 Å². The Labute approximate surface area is 122 Å². The Morgan fingerprint density at radius 1 is 1.45 bits per heavy atom. The summed E-state index contributed by atoms with van der Waals surface area (Å²) in [5.74, 6) is 0.456. The second kappa shape index (κ2) is 5.26. The van der Waals surface area contributed by atoms with Crippen LogP contribution in [-0.4, -0.2) is 20.4 Å². The number of aromatic nitrogens is 2. The summed E-state index contributed by atoms with van der Waals surface area (Å²) in [5.41, 5.74) is 1.68. The summed E-state index contributed by atoms with van der Waals surface area (Å²) in [5, 5.41) is 9.70. The number of benzene rings is 1. The fourth-order valence-electron chi connectivity index (χ4n) is 1.77. The van der Waals surface area contributed by atoms with Gasteiger partial charge in [-0.1, -0.05) is 17.8 Å². The second-order valence-corrected chi connectivity index (χ2v) is 6.16. The van der Waals surface area contributed by atoms with E-state index in [1.165, 1.54) is 11.5 Å². The predicted molar refractivity (Wildman–Crippen MR) is 77.4 cm³/mol. The Morgan fingerprint density at radius 3 is 3.00 bits per heavy atom. The molecule has 0 aliphatic heterocycles. The monoisotopic (exact) mass is 306 g/mol. The topological polar surface area (TPSA) is 76.2 Å². The lowest BCUT2D eigenvalue weighted by Gasteiger charge is -1.98. The molecule has 3 rings (SSSR count). The predicted octanol–water partition coefficient (Wildman–Crippen LogP) is 3.58. The molecule has 0 aliphatic rings. The zero-order chi connectivity index (χ0) is 14.1. The average Bonchev–Trinajstić information content (AvgIpc) is 3.01. The third kappa shape index (κ3) is 2.68. The molecule has 102 valence electrons. The van der Waals surface area contributed by atoms with Gasteiger partial charge < -0.3 is 9.52 Å². The number of nitrogens with zero attached hydrogens (tertiary/aromatic N) is 2. The highest BCUT2D eigenvalue weighted by atomic mass is 32.2. The fraction of sp³-hybridized carbons (Fsp3) is 0.154. The van der Waals surface area contributed by atoms with Gasteiger partial charge >= 0.3 is 5.97 Å². The number of carbonyl (C=O) groups is 1. The molecule has 0 saturated carbocycles. The van der Waals surface area contributed by atoms with Gasteiger partial charge in [-0.15, -0.1) is 0 Å². The summed E-state index contributed by atoms with van der Waals surface area (Å²) in [4.78, 5) is 15.1. The fourth-order valence-corrected chi connectivity index (χ4v) is 3.36. The van der Waals surface area contributed by atoms with Crippen LogP contribution in [0.5, 0.6) is 0 Å². The van der Waals surface area contributed by atoms with Crippen LogP contribution in [-0.2, 0) is 5.75 Å². The molecule has 0 saturated heterocycles. The molecule has 3 aromatic rings. The maximum atomic E-state index is 10.9. The molecular formula is C13H10N2O3S2. The first-order valence-corrected chi connectivity index (χ1v) is 7.56. The van der Waals surface area contributed by atoms with E-state index in [4.69, 9.17) is 9.52 Å². The number of carboxylic acids is 1. The molecule has 20 heavy (non-hydrogen) atoms. The average molecular weight is 306 g/mol. The summed E-state index contributed by atoms with van der Waals surface area (Å²) in [7, 11) is 0. The van der Waals surface area contributed by atoms with Crippen LogP contribution in [0.25, 0.3) is 11.0 Å². The van der Waals surface area contributed by atoms with E-state index < -0.39 is 5.97 Å². The molecule has 0 fully saturated rings. The Balaban J connectivity index is 1.80. The van der Waals surface area contributed by atoms with Gasteiger partial charge in [0.05, 0.1) is 0 Å². The first-order chi connectivity index (χ1) is 9.61. The van der Waals surface area contributed by atoms with Gasteiger partial charge in [-0.3, -0.25) is 0 Å². The van der Waals surface area contributed by atoms with Gasteiger partial charge in [0.15, 0.2) is 4.34 Å². The number of hydrogen-bond acceptors (Lipinski definition) is 6. The molecule has 0 bridgehead atoms. The molecule has 0 radical (unpaired) electrons. The van der Waals surface area contributed by atoms with Crippen molar-refractivity contribution in [2.24, 2.45) is 0 Å². The van der Waals surface area contributed by atoms with E-state index in [9.17, 15) is 4.79 Å². The van der Waals surface area contributed by atoms with Crippen LogP contribution >= 0.6 is 23.3 Å². The number of furan rings is 1. The van der Waals surface area contributed by atoms with Crippen molar-refractivity contribution in [3.8, 4) is 0 Å². The molecule has 5 nitrogen and oxygen atoms in total. The summed E-state index contributed by atoms with van der Waals surface area (Å²) in [6.07, 6.45) is 0. The van der Waals surface area contributed by atoms with Gasteiger partial charge in [0.25, 0.3) is 0 Å². The molecule has 7 heteroatoms. The number of rotatable bonds is 4. The highest BCUT2D eigenvalue weighted by molar-refractivity contribution is 8.00. The first-order valence-electron chi connectivity index (χ1n) is 5.81. The molecule has 2 heterocycles. The van der Waals surface area contributed by atoms with Gasteiger partial charge in [-0.05, 0) is 42.2 Å². The largest absolute Gasteiger partial charge is 0.475 e. The minimum atomic E-state index is -1.05. The molecule has 1 aromatic carbocycles. The maximum absolute atomic E-state index is 10.9. The quantitative estimate of drug-likeness (QED) is 0.742. The summed E-state index contributed by atoms with van der Waals surface area (Å²) >= 11 is 3.00. The van der Waals surface area contributed by atoms with Gasteiger partial charge in [-0.2, -0.15) is 4.37 Å². The minimum Gasteiger partial charge on any atom is -0.475 e. The number of hydrogen-bond donors (Lipinski definition) is 1. The highest BCUT2D eigenvalue weighted by Crippen LogP contribution is 2.27. The first kappa shape index (κ1) is 13.1. The Kier molecular flexibility index (Phi) is 3.45. The van der Waals surface area contributed by atoms with E-state index in [-0.39, 0.29) is 5.76 Å². The van der Waals surface area contributed by atoms with Gasteiger partial charge in [-0.25, -0.2) is 9.78 Å². The number of carboxylic acid groups (broad SMARTS) is 1. The van der Waals surface area contributed by atoms with E-state index >= 15 is 0 Å². The Hall–Kier alpha value is -1.86. The van der Waals surface area contributed by atoms with Crippen LogP contribution in [0.3, 0.4) is 0 Å². The van der Waals surface area contributed by atoms with Crippen LogP contribution in [0.1, 0.15) is 21.9 Å². The van der Waals surface area contributed by atoms with Crippen molar-refractivity contribution < 1.29 is 14.3 Å². The van der Waals surface area contributed by atoms with E-state index in [0.29, 0.717) is 5.58 Å². The zero-order valence-electron chi connectivity index (χ0n) is 10.5. The molecule has 0 aliphatic carbocycles. The van der Waals surface area contributed by atoms with E-state index in [0.717, 1.165) is 26.9 Å². The summed E-state index contributed by atoms with van der Waals surface area (Å²) in [6.45, 7) is 1.87. The standard InChI is InChI=1S/C13H10N2O3S2/c1-7-14-13(20-15-7)19-6-8-2-3-10-9(4-8)5-11(18-10)12(16)17/h2-5H,6H2,1H3,(H,16,17). The van der Waals surface area contributed by atoms with Crippen molar-refractivity contribution in [1.82, 2.24) is 9.36 Å². The van der Waals surface area contributed by atoms with Crippen LogP contribution in [0.15, 0.2) is 33.0 Å². The third-order valence-electron chi connectivity index (χ3n) is 2.66. The second-order valence-electron chi connectivity index (χ2n) is 4.18. The SMILES string of the molecule is Cc1nsc(SCc2ccc3oc(C(=O)O)cc3c2)n1. The van der Waals surface area contributed by atoms with Gasteiger partial charge in [0.1, 0.15) is 11.4 Å². The van der Waals surface area contributed by atoms with Crippen molar-refractivity contribution >= 4 is 40.2 Å². The molecule has 1 N–H and O–H groups in total. The van der Waals surface area contributed by atoms with E-state index in [2.05, 4.69) is 9.36 Å². The molecule has 0 atom stereocenters. The molecular weight excluding hydrogens is 296 g/mol. The van der Waals surface area contributed by atoms with Crippen LogP contribution < -0.4 is 0 Å². The van der Waals surface area contributed by atoms with Crippen LogP contribution in [0.2, 0.25) is 0 Å². The number of fused-ring (bicyclic) bond motifs is 1. The highest BCUT2D eigenvalue weighted by Gasteiger charge is 2.11. The summed E-state index contributed by atoms with van der Waals surface area (Å²) in [6, 6.07) is 7.20. The lowest BCUT2D eigenvalue weighted by atomic mass is 10.2. The maximum Gasteiger partial charge on any atom is 0.371 e. The lowest BCUT2D eigenvalue weighted by Crippen LogP contribution is -1.91. The Morgan fingerprint density at radius 2 is 2.30 bits per heavy atom. The Bertz CT molecular complexity index is 779. The number of aromatic carboxylic acids is 1. The van der Waals surface area contributed by atoms with Crippen LogP contribution in [0.4, 0.5) is 0 Å². The van der Waals surface area contributed by atoms with Gasteiger partial charge in [0, 0.05) is 11.1 Å². The smallest absolute Gasteiger partial charge is 0.371 e. The van der Waals surface area contributed by atoms with E-state index in [1.807, 2.05) is 19.1 Å². The van der Waals surface area contributed by atoms with Crippen LogP contribution in [0, 0.1) is 6.92 Å². The molecule has 0 unspecified atom stereocenters. The number of aryl methyl sites for hydroxylation is 1. The normalized spacial score (nSPS) is 11.1. The van der Waals surface area contributed by atoms with Crippen molar-refractivity contribution in [1.29, 1.82) is 0 Å². The molecule has 0 spiro atoms. The molecule has 2 aromatic heterocycles. The van der Waals surface area contributed by atoms with Gasteiger partial charge in [0.2, 0.25) is 5.76 Å². The van der Waals surface area contributed by atoms with Crippen molar-refractivity contribution in [2.75, 3.05) is 0 Å². The van der Waals surface area contributed by atoms with Crippen molar-refractivity contribution in [3.05, 3.63) is 41.4 Å². The lowest BCUT2D eigenvalue weighted by molar-refractivity contribution is 0.0665. The van der Waals surface area contributed by atoms with E-state index in [1.54, 1.807) is 23.9 Å². The van der Waals surface area contributed by atoms with Crippen molar-refractivity contribution in [3.63, 3.8) is 0 Å². The summed E-state index contributed by atoms with van der Waals surface area (Å²) < 4.78 is 10.3.